The van der Waals surface area contributed by atoms with Crippen molar-refractivity contribution in [1.29, 1.82) is 0 Å². The molecule has 8 heteroatoms. The standard InChI is InChI=1S/C20H16N4O2S2/c1-26-16-6-4-15(5-7-16)24-19(14-8-10-21-11-9-14)22-23-20(24)28-13-17(25)18-3-2-12-27-18/h2-12H,13H2,1H3. The molecule has 0 aliphatic heterocycles. The molecule has 0 saturated heterocycles. The summed E-state index contributed by atoms with van der Waals surface area (Å²) in [6.07, 6.45) is 3.44. The van der Waals surface area contributed by atoms with E-state index in [2.05, 4.69) is 15.2 Å². The Labute approximate surface area is 170 Å². The molecule has 0 fully saturated rings. The van der Waals surface area contributed by atoms with E-state index in [9.17, 15) is 4.79 Å². The maximum Gasteiger partial charge on any atom is 0.196 e. The molecule has 3 aromatic heterocycles. The Morgan fingerprint density at radius 3 is 2.57 bits per heavy atom. The highest BCUT2D eigenvalue weighted by Crippen LogP contribution is 2.29. The highest BCUT2D eigenvalue weighted by atomic mass is 32.2. The molecule has 0 bridgehead atoms. The van der Waals surface area contributed by atoms with E-state index in [1.165, 1.54) is 23.1 Å². The molecule has 0 unspecified atom stereocenters. The van der Waals surface area contributed by atoms with E-state index in [0.29, 0.717) is 16.7 Å². The number of Topliss-reactive ketones (excluding diaryl/α,β-unsaturated/α-hetero) is 1. The van der Waals surface area contributed by atoms with Crippen molar-refractivity contribution in [2.24, 2.45) is 0 Å². The highest BCUT2D eigenvalue weighted by molar-refractivity contribution is 7.99. The fraction of sp³-hybridized carbons (Fsp3) is 0.100. The first-order valence-electron chi connectivity index (χ1n) is 8.46. The number of benzene rings is 1. The third-order valence-corrected chi connectivity index (χ3v) is 5.87. The number of hydrogen-bond donors (Lipinski definition) is 0. The topological polar surface area (TPSA) is 69.9 Å². The molecule has 0 N–H and O–H groups in total. The number of pyridine rings is 1. The molecular weight excluding hydrogens is 392 g/mol. The Morgan fingerprint density at radius 1 is 1.11 bits per heavy atom. The minimum absolute atomic E-state index is 0.0785. The van der Waals surface area contributed by atoms with Gasteiger partial charge in [0.1, 0.15) is 5.75 Å². The van der Waals surface area contributed by atoms with Gasteiger partial charge in [-0.3, -0.25) is 14.3 Å². The van der Waals surface area contributed by atoms with Gasteiger partial charge in [-0.2, -0.15) is 0 Å². The Kier molecular flexibility index (Phi) is 5.50. The minimum atomic E-state index is 0.0785. The Hall–Kier alpha value is -2.97. The van der Waals surface area contributed by atoms with Crippen molar-refractivity contribution in [1.82, 2.24) is 19.7 Å². The van der Waals surface area contributed by atoms with Gasteiger partial charge in [0.05, 0.1) is 17.7 Å². The molecule has 6 nitrogen and oxygen atoms in total. The third kappa shape index (κ3) is 3.83. The first kappa shape index (κ1) is 18.4. The smallest absolute Gasteiger partial charge is 0.196 e. The van der Waals surface area contributed by atoms with Crippen LogP contribution in [0, 0.1) is 0 Å². The normalized spacial score (nSPS) is 10.8. The monoisotopic (exact) mass is 408 g/mol. The predicted molar refractivity (Wildman–Crippen MR) is 111 cm³/mol. The van der Waals surface area contributed by atoms with Crippen LogP contribution in [0.5, 0.6) is 5.75 Å². The lowest BCUT2D eigenvalue weighted by Gasteiger charge is -2.11. The molecule has 4 aromatic rings. The Balaban J connectivity index is 1.69. The van der Waals surface area contributed by atoms with Gasteiger partial charge in [-0.25, -0.2) is 0 Å². The van der Waals surface area contributed by atoms with E-state index in [4.69, 9.17) is 4.74 Å². The molecule has 28 heavy (non-hydrogen) atoms. The second-order valence-electron chi connectivity index (χ2n) is 5.76. The number of rotatable bonds is 7. The molecule has 0 radical (unpaired) electrons. The van der Waals surface area contributed by atoms with Crippen LogP contribution >= 0.6 is 23.1 Å². The Morgan fingerprint density at radius 2 is 1.89 bits per heavy atom. The van der Waals surface area contributed by atoms with Gasteiger partial charge in [-0.15, -0.1) is 21.5 Å². The summed E-state index contributed by atoms with van der Waals surface area (Å²) in [4.78, 5) is 17.2. The first-order chi connectivity index (χ1) is 13.8. The van der Waals surface area contributed by atoms with Crippen LogP contribution < -0.4 is 4.74 Å². The van der Waals surface area contributed by atoms with Crippen LogP contribution in [0.1, 0.15) is 9.67 Å². The summed E-state index contributed by atoms with van der Waals surface area (Å²) in [5, 5.41) is 11.3. The Bertz CT molecular complexity index is 1060. The lowest BCUT2D eigenvalue weighted by Crippen LogP contribution is -2.03. The highest BCUT2D eigenvalue weighted by Gasteiger charge is 2.18. The van der Waals surface area contributed by atoms with Gasteiger partial charge < -0.3 is 4.74 Å². The average molecular weight is 409 g/mol. The molecule has 0 atom stereocenters. The van der Waals surface area contributed by atoms with E-state index in [1.54, 1.807) is 19.5 Å². The number of methoxy groups -OCH3 is 1. The van der Waals surface area contributed by atoms with Crippen LogP contribution in [0.4, 0.5) is 0 Å². The van der Waals surface area contributed by atoms with Gasteiger partial charge in [0.2, 0.25) is 0 Å². The van der Waals surface area contributed by atoms with Gasteiger partial charge in [-0.05, 0) is 47.8 Å². The van der Waals surface area contributed by atoms with Crippen LogP contribution in [-0.4, -0.2) is 38.4 Å². The lowest BCUT2D eigenvalue weighted by atomic mass is 10.2. The molecule has 1 aromatic carbocycles. The van der Waals surface area contributed by atoms with Gasteiger partial charge >= 0.3 is 0 Å². The minimum Gasteiger partial charge on any atom is -0.497 e. The van der Waals surface area contributed by atoms with E-state index in [0.717, 1.165) is 21.9 Å². The zero-order valence-electron chi connectivity index (χ0n) is 15.0. The maximum absolute atomic E-state index is 12.4. The van der Waals surface area contributed by atoms with Crippen molar-refractivity contribution in [3.05, 3.63) is 71.2 Å². The van der Waals surface area contributed by atoms with Gasteiger partial charge in [-0.1, -0.05) is 17.8 Å². The van der Waals surface area contributed by atoms with Crippen LogP contribution in [0.25, 0.3) is 17.1 Å². The van der Waals surface area contributed by atoms with E-state index >= 15 is 0 Å². The van der Waals surface area contributed by atoms with Gasteiger partial charge in [0, 0.05) is 23.6 Å². The van der Waals surface area contributed by atoms with Crippen molar-refractivity contribution >= 4 is 28.9 Å². The molecule has 140 valence electrons. The van der Waals surface area contributed by atoms with Gasteiger partial charge in [0.15, 0.2) is 16.8 Å². The number of ketones is 1. The maximum atomic E-state index is 12.4. The molecule has 0 aliphatic rings. The summed E-state index contributed by atoms with van der Waals surface area (Å²) >= 11 is 2.82. The van der Waals surface area contributed by atoms with Crippen LogP contribution in [0.2, 0.25) is 0 Å². The van der Waals surface area contributed by atoms with Crippen molar-refractivity contribution < 1.29 is 9.53 Å². The molecule has 3 heterocycles. The van der Waals surface area contributed by atoms with E-state index < -0.39 is 0 Å². The number of thioether (sulfide) groups is 1. The fourth-order valence-electron chi connectivity index (χ4n) is 2.65. The largest absolute Gasteiger partial charge is 0.497 e. The molecule has 0 spiro atoms. The summed E-state index contributed by atoms with van der Waals surface area (Å²) in [5.74, 6) is 1.84. The van der Waals surface area contributed by atoms with Crippen molar-refractivity contribution in [2.45, 2.75) is 5.16 Å². The van der Waals surface area contributed by atoms with Crippen molar-refractivity contribution in [3.63, 3.8) is 0 Å². The summed E-state index contributed by atoms with van der Waals surface area (Å²) < 4.78 is 7.20. The molecule has 0 saturated carbocycles. The lowest BCUT2D eigenvalue weighted by molar-refractivity contribution is 0.102. The zero-order chi connectivity index (χ0) is 19.3. The quantitative estimate of drug-likeness (QED) is 0.334. The van der Waals surface area contributed by atoms with Crippen LogP contribution in [0.3, 0.4) is 0 Å². The fourth-order valence-corrected chi connectivity index (χ4v) is 4.24. The van der Waals surface area contributed by atoms with Crippen LogP contribution in [-0.2, 0) is 0 Å². The third-order valence-electron chi connectivity index (χ3n) is 4.03. The summed E-state index contributed by atoms with van der Waals surface area (Å²) in [6.45, 7) is 0. The molecule has 0 aliphatic carbocycles. The number of carbonyl (C=O) groups is 1. The van der Waals surface area contributed by atoms with E-state index in [1.807, 2.05) is 58.5 Å². The molecule has 4 rings (SSSR count). The van der Waals surface area contributed by atoms with Crippen molar-refractivity contribution in [3.8, 4) is 22.8 Å². The number of ether oxygens (including phenoxy) is 1. The van der Waals surface area contributed by atoms with Gasteiger partial charge in [0.25, 0.3) is 0 Å². The molecular formula is C20H16N4O2S2. The summed E-state index contributed by atoms with van der Waals surface area (Å²) in [7, 11) is 1.63. The molecule has 0 amide bonds. The number of carbonyl (C=O) groups excluding carboxylic acids is 1. The predicted octanol–water partition coefficient (Wildman–Crippen LogP) is 4.37. The second kappa shape index (κ2) is 8.37. The number of hydrogen-bond acceptors (Lipinski definition) is 7. The summed E-state index contributed by atoms with van der Waals surface area (Å²) in [6, 6.07) is 15.1. The van der Waals surface area contributed by atoms with Crippen LogP contribution in [0.15, 0.2) is 71.5 Å². The SMILES string of the molecule is COc1ccc(-n2c(SCC(=O)c3cccs3)nnc2-c2ccncc2)cc1. The second-order valence-corrected chi connectivity index (χ2v) is 7.65. The number of aromatic nitrogens is 4. The van der Waals surface area contributed by atoms with E-state index in [-0.39, 0.29) is 5.78 Å². The number of nitrogens with zero attached hydrogens (tertiary/aromatic N) is 4. The first-order valence-corrected chi connectivity index (χ1v) is 10.3. The summed E-state index contributed by atoms with van der Waals surface area (Å²) in [5.41, 5.74) is 1.79. The number of thiophene rings is 1. The average Bonchev–Trinajstić information content (AvgIpc) is 3.43. The zero-order valence-corrected chi connectivity index (χ0v) is 16.6. The van der Waals surface area contributed by atoms with Crippen molar-refractivity contribution in [2.75, 3.05) is 12.9 Å².